The number of furan rings is 1. The van der Waals surface area contributed by atoms with E-state index in [1.807, 2.05) is 0 Å². The van der Waals surface area contributed by atoms with Crippen molar-refractivity contribution in [1.82, 2.24) is 4.98 Å². The van der Waals surface area contributed by atoms with E-state index in [9.17, 15) is 4.79 Å². The summed E-state index contributed by atoms with van der Waals surface area (Å²) in [5, 5.41) is 3.36. The molecule has 1 amide bonds. The monoisotopic (exact) mass is 276 g/mol. The second-order valence-corrected chi connectivity index (χ2v) is 5.11. The smallest absolute Gasteiger partial charge is 0.250 e. The van der Waals surface area contributed by atoms with Gasteiger partial charge in [-0.25, -0.2) is 4.98 Å². The van der Waals surface area contributed by atoms with Crippen LogP contribution in [0.3, 0.4) is 0 Å². The number of fused-ring (bicyclic) bond motifs is 1. The number of amides is 1. The van der Waals surface area contributed by atoms with Crippen LogP contribution in [-0.4, -0.2) is 17.5 Å². The highest BCUT2D eigenvalue weighted by atomic mass is 32.1. The van der Waals surface area contributed by atoms with Crippen LogP contribution in [0, 0.1) is 0 Å². The molecule has 1 N–H and O–H groups in total. The molecule has 1 aliphatic rings. The van der Waals surface area contributed by atoms with Gasteiger partial charge in [-0.15, -0.1) is 0 Å². The Labute approximate surface area is 113 Å². The Morgan fingerprint density at radius 1 is 1.53 bits per heavy atom. The van der Waals surface area contributed by atoms with Crippen molar-refractivity contribution in [3.63, 3.8) is 0 Å². The fourth-order valence-corrected chi connectivity index (χ4v) is 2.72. The minimum absolute atomic E-state index is 0.219. The summed E-state index contributed by atoms with van der Waals surface area (Å²) in [6.45, 7) is 1.29. The summed E-state index contributed by atoms with van der Waals surface area (Å²) in [6.07, 6.45) is 5.41. The molecule has 3 rings (SSSR count). The maximum absolute atomic E-state index is 11.7. The number of aromatic nitrogens is 1. The molecular weight excluding hydrogens is 264 g/mol. The second kappa shape index (κ2) is 5.38. The number of hydrogen-bond donors (Lipinski definition) is 1. The maximum atomic E-state index is 11.7. The fourth-order valence-electron chi connectivity index (χ4n) is 1.77. The summed E-state index contributed by atoms with van der Waals surface area (Å²) in [5.41, 5.74) is 1.03. The third kappa shape index (κ3) is 2.91. The number of carbonyl (C=O) groups is 1. The molecule has 0 spiro atoms. The second-order valence-electron chi connectivity index (χ2n) is 4.03. The molecule has 2 aromatic heterocycles. The lowest BCUT2D eigenvalue weighted by atomic mass is 10.2. The summed E-state index contributed by atoms with van der Waals surface area (Å²) in [6, 6.07) is 3.55. The minimum Gasteiger partial charge on any atom is -0.465 e. The number of anilines is 1. The normalized spacial score (nSPS) is 14.5. The molecule has 0 radical (unpaired) electrons. The molecule has 0 aliphatic carbocycles. The first-order chi connectivity index (χ1) is 9.31. The largest absolute Gasteiger partial charge is 0.465 e. The highest BCUT2D eigenvalue weighted by Crippen LogP contribution is 2.26. The lowest BCUT2D eigenvalue weighted by molar-refractivity contribution is -0.111. The topological polar surface area (TPSA) is 64.4 Å². The zero-order chi connectivity index (χ0) is 13.1. The Hall–Kier alpha value is -1.92. The predicted molar refractivity (Wildman–Crippen MR) is 71.8 cm³/mol. The molecule has 2 aromatic rings. The van der Waals surface area contributed by atoms with Crippen molar-refractivity contribution < 1.29 is 13.9 Å². The summed E-state index contributed by atoms with van der Waals surface area (Å²) in [7, 11) is 0. The van der Waals surface area contributed by atoms with E-state index in [0.29, 0.717) is 24.1 Å². The van der Waals surface area contributed by atoms with Gasteiger partial charge in [-0.2, -0.15) is 0 Å². The number of hydrogen-bond acceptors (Lipinski definition) is 5. The van der Waals surface area contributed by atoms with E-state index in [4.69, 9.17) is 9.15 Å². The zero-order valence-corrected chi connectivity index (χ0v) is 10.9. The number of ether oxygens (including phenoxy) is 1. The van der Waals surface area contributed by atoms with Gasteiger partial charge in [0.05, 0.1) is 30.0 Å². The van der Waals surface area contributed by atoms with Gasteiger partial charge in [0.2, 0.25) is 5.91 Å². The van der Waals surface area contributed by atoms with Crippen LogP contribution < -0.4 is 5.32 Å². The lowest BCUT2D eigenvalue weighted by Gasteiger charge is -2.08. The molecular formula is C13H12N2O3S. The maximum Gasteiger partial charge on any atom is 0.250 e. The van der Waals surface area contributed by atoms with Crippen molar-refractivity contribution >= 4 is 28.5 Å². The van der Waals surface area contributed by atoms with Crippen molar-refractivity contribution in [2.24, 2.45) is 0 Å². The molecule has 98 valence electrons. The van der Waals surface area contributed by atoms with Crippen LogP contribution in [0.1, 0.15) is 16.3 Å². The summed E-state index contributed by atoms with van der Waals surface area (Å²) < 4.78 is 10.4. The first kappa shape index (κ1) is 12.1. The lowest BCUT2D eigenvalue weighted by Crippen LogP contribution is -2.09. The zero-order valence-electron chi connectivity index (χ0n) is 10.1. The van der Waals surface area contributed by atoms with E-state index in [1.165, 1.54) is 17.4 Å². The van der Waals surface area contributed by atoms with Gasteiger partial charge in [-0.1, -0.05) is 11.3 Å². The third-order valence-electron chi connectivity index (χ3n) is 2.67. The Morgan fingerprint density at radius 2 is 2.47 bits per heavy atom. The minimum atomic E-state index is -0.219. The first-order valence-electron chi connectivity index (χ1n) is 5.90. The molecule has 3 heterocycles. The number of carbonyl (C=O) groups excluding carboxylic acids is 1. The van der Waals surface area contributed by atoms with Gasteiger partial charge in [0.1, 0.15) is 5.76 Å². The molecule has 19 heavy (non-hydrogen) atoms. The van der Waals surface area contributed by atoms with Crippen molar-refractivity contribution in [2.45, 2.75) is 13.0 Å². The van der Waals surface area contributed by atoms with Gasteiger partial charge in [-0.05, 0) is 18.2 Å². The quantitative estimate of drug-likeness (QED) is 0.875. The van der Waals surface area contributed by atoms with E-state index < -0.39 is 0 Å². The van der Waals surface area contributed by atoms with Gasteiger partial charge in [0, 0.05) is 12.5 Å². The molecule has 0 bridgehead atoms. The molecule has 0 saturated carbocycles. The van der Waals surface area contributed by atoms with Crippen LogP contribution in [0.15, 0.2) is 28.9 Å². The molecule has 0 saturated heterocycles. The molecule has 0 aromatic carbocycles. The van der Waals surface area contributed by atoms with Crippen LogP contribution in [0.4, 0.5) is 5.13 Å². The Kier molecular flexibility index (Phi) is 3.43. The van der Waals surface area contributed by atoms with Crippen molar-refractivity contribution in [3.05, 3.63) is 40.8 Å². The Morgan fingerprint density at radius 3 is 3.26 bits per heavy atom. The van der Waals surface area contributed by atoms with Crippen LogP contribution in [0.2, 0.25) is 0 Å². The van der Waals surface area contributed by atoms with E-state index in [-0.39, 0.29) is 5.91 Å². The van der Waals surface area contributed by atoms with Crippen molar-refractivity contribution in [2.75, 3.05) is 11.9 Å². The first-order valence-corrected chi connectivity index (χ1v) is 6.72. The molecule has 0 atom stereocenters. The van der Waals surface area contributed by atoms with Crippen molar-refractivity contribution in [3.8, 4) is 0 Å². The Bertz CT molecular complexity index is 578. The average molecular weight is 276 g/mol. The van der Waals surface area contributed by atoms with Gasteiger partial charge >= 0.3 is 0 Å². The third-order valence-corrected chi connectivity index (χ3v) is 3.65. The van der Waals surface area contributed by atoms with Gasteiger partial charge < -0.3 is 9.15 Å². The fraction of sp³-hybridized carbons (Fsp3) is 0.231. The molecule has 5 nitrogen and oxygen atoms in total. The number of nitrogens with one attached hydrogen (secondary N) is 1. The molecule has 1 aliphatic heterocycles. The number of rotatable bonds is 3. The van der Waals surface area contributed by atoms with E-state index in [1.54, 1.807) is 24.5 Å². The highest BCUT2D eigenvalue weighted by molar-refractivity contribution is 7.15. The van der Waals surface area contributed by atoms with Crippen molar-refractivity contribution in [1.29, 1.82) is 0 Å². The van der Waals surface area contributed by atoms with Crippen LogP contribution >= 0.6 is 11.3 Å². The van der Waals surface area contributed by atoms with Crippen LogP contribution in [0.25, 0.3) is 6.08 Å². The molecule has 6 heteroatoms. The molecule has 0 unspecified atom stereocenters. The summed E-state index contributed by atoms with van der Waals surface area (Å²) >= 11 is 1.46. The van der Waals surface area contributed by atoms with E-state index in [2.05, 4.69) is 10.3 Å². The van der Waals surface area contributed by atoms with Gasteiger partial charge in [-0.3, -0.25) is 10.1 Å². The molecule has 0 fully saturated rings. The number of thiazole rings is 1. The SMILES string of the molecule is O=C(C=Cc1ccco1)Nc1nc2c(s1)COCC2. The van der Waals surface area contributed by atoms with E-state index >= 15 is 0 Å². The van der Waals surface area contributed by atoms with Gasteiger partial charge in [0.25, 0.3) is 0 Å². The summed E-state index contributed by atoms with van der Waals surface area (Å²) in [4.78, 5) is 17.2. The average Bonchev–Trinajstić information content (AvgIpc) is 3.04. The number of nitrogens with zero attached hydrogens (tertiary/aromatic N) is 1. The standard InChI is InChI=1S/C13H12N2O3S/c16-12(4-3-9-2-1-6-18-9)15-13-14-10-5-7-17-8-11(10)19-13/h1-4,6H,5,7-8H2,(H,14,15,16). The van der Waals surface area contributed by atoms with Crippen LogP contribution in [0.5, 0.6) is 0 Å². The predicted octanol–water partition coefficient (Wildman–Crippen LogP) is 2.46. The summed E-state index contributed by atoms with van der Waals surface area (Å²) in [5.74, 6) is 0.422. The van der Waals surface area contributed by atoms with Gasteiger partial charge in [0.15, 0.2) is 5.13 Å². The highest BCUT2D eigenvalue weighted by Gasteiger charge is 2.16. The van der Waals surface area contributed by atoms with Crippen LogP contribution in [-0.2, 0) is 22.6 Å². The Balaban J connectivity index is 1.64. The van der Waals surface area contributed by atoms with E-state index in [0.717, 1.165) is 17.0 Å².